The molecule has 0 radical (unpaired) electrons. The predicted octanol–water partition coefficient (Wildman–Crippen LogP) is 3.31. The van der Waals surface area contributed by atoms with Crippen molar-refractivity contribution >= 4 is 11.9 Å². The third kappa shape index (κ3) is 7.30. The Balaban J connectivity index is 2.72. The van der Waals surface area contributed by atoms with Crippen LogP contribution in [0.4, 0.5) is 0 Å². The van der Waals surface area contributed by atoms with Crippen molar-refractivity contribution in [1.29, 1.82) is 0 Å². The van der Waals surface area contributed by atoms with E-state index in [4.69, 9.17) is 9.47 Å². The van der Waals surface area contributed by atoms with Gasteiger partial charge in [0, 0.05) is 18.1 Å². The van der Waals surface area contributed by atoms with Gasteiger partial charge in [0.1, 0.15) is 11.2 Å². The van der Waals surface area contributed by atoms with E-state index in [9.17, 15) is 14.7 Å². The number of rotatable bonds is 4. The molecule has 0 spiro atoms. The first-order chi connectivity index (χ1) is 10.8. The van der Waals surface area contributed by atoms with Crippen LogP contribution in [0.2, 0.25) is 0 Å². The lowest BCUT2D eigenvalue weighted by Crippen LogP contribution is -2.30. The molecule has 0 aliphatic heterocycles. The third-order valence-electron chi connectivity index (χ3n) is 3.52. The molecule has 1 aliphatic rings. The van der Waals surface area contributed by atoms with Gasteiger partial charge in [-0.15, -0.1) is 0 Å². The van der Waals surface area contributed by atoms with Crippen LogP contribution in [0, 0.1) is 5.92 Å². The standard InChI is InChI=1S/C19H30O5/c1-17(2,3)23-15(20)10-9-14-8-7-12-19(14,22)13-11-16(21)24-18(4,5)6/h9-11,13-14,22H,7-8,12H2,1-6H3/b10-9+,13-11+/t14-,19+/m1/s1. The Morgan fingerprint density at radius 1 is 1.00 bits per heavy atom. The summed E-state index contributed by atoms with van der Waals surface area (Å²) in [5, 5.41) is 10.7. The molecule has 1 saturated carbocycles. The van der Waals surface area contributed by atoms with E-state index in [1.807, 2.05) is 0 Å². The fourth-order valence-electron chi connectivity index (χ4n) is 2.59. The van der Waals surface area contributed by atoms with Crippen molar-refractivity contribution in [3.05, 3.63) is 24.3 Å². The first kappa shape index (κ1) is 20.4. The third-order valence-corrected chi connectivity index (χ3v) is 3.52. The SMILES string of the molecule is CC(C)(C)OC(=O)/C=C/[C@H]1CCC[C@]1(O)/C=C/C(=O)OC(C)(C)C. The number of carbonyl (C=O) groups excluding carboxylic acids is 2. The molecular weight excluding hydrogens is 308 g/mol. The Morgan fingerprint density at radius 3 is 2.00 bits per heavy atom. The first-order valence-electron chi connectivity index (χ1n) is 8.36. The maximum Gasteiger partial charge on any atom is 0.331 e. The fraction of sp³-hybridized carbons (Fsp3) is 0.684. The number of aliphatic hydroxyl groups is 1. The number of esters is 2. The molecule has 5 heteroatoms. The van der Waals surface area contributed by atoms with Crippen LogP contribution in [0.1, 0.15) is 60.8 Å². The summed E-state index contributed by atoms with van der Waals surface area (Å²) in [6, 6.07) is 0. The van der Waals surface area contributed by atoms with Crippen LogP contribution in [0.25, 0.3) is 0 Å². The van der Waals surface area contributed by atoms with Crippen molar-refractivity contribution in [3.8, 4) is 0 Å². The Kier molecular flexibility index (Phi) is 6.39. The highest BCUT2D eigenvalue weighted by Crippen LogP contribution is 2.37. The maximum atomic E-state index is 11.8. The van der Waals surface area contributed by atoms with Gasteiger partial charge >= 0.3 is 11.9 Å². The summed E-state index contributed by atoms with van der Waals surface area (Å²) in [5.74, 6) is -1.16. The molecule has 1 rings (SSSR count). The van der Waals surface area contributed by atoms with Crippen LogP contribution in [0.3, 0.4) is 0 Å². The second-order valence-corrected chi connectivity index (χ2v) is 8.25. The monoisotopic (exact) mass is 338 g/mol. The van der Waals surface area contributed by atoms with Gasteiger partial charge in [-0.1, -0.05) is 6.08 Å². The minimum Gasteiger partial charge on any atom is -0.457 e. The summed E-state index contributed by atoms with van der Waals surface area (Å²) in [5.41, 5.74) is -2.27. The zero-order chi connectivity index (χ0) is 18.6. The lowest BCUT2D eigenvalue weighted by Gasteiger charge is -2.25. The summed E-state index contributed by atoms with van der Waals surface area (Å²) >= 11 is 0. The fourth-order valence-corrected chi connectivity index (χ4v) is 2.59. The van der Waals surface area contributed by atoms with E-state index < -0.39 is 28.7 Å². The van der Waals surface area contributed by atoms with Crippen LogP contribution in [-0.2, 0) is 19.1 Å². The number of hydrogen-bond acceptors (Lipinski definition) is 5. The molecule has 0 heterocycles. The van der Waals surface area contributed by atoms with Crippen molar-refractivity contribution in [2.45, 2.75) is 77.6 Å². The van der Waals surface area contributed by atoms with Crippen molar-refractivity contribution in [2.75, 3.05) is 0 Å². The van der Waals surface area contributed by atoms with Crippen LogP contribution >= 0.6 is 0 Å². The van der Waals surface area contributed by atoms with Gasteiger partial charge in [0.2, 0.25) is 0 Å². The van der Waals surface area contributed by atoms with Crippen molar-refractivity contribution in [2.24, 2.45) is 5.92 Å². The van der Waals surface area contributed by atoms with Crippen molar-refractivity contribution in [1.82, 2.24) is 0 Å². The quantitative estimate of drug-likeness (QED) is 0.629. The van der Waals surface area contributed by atoms with Crippen molar-refractivity contribution in [3.63, 3.8) is 0 Å². The van der Waals surface area contributed by atoms with Crippen LogP contribution in [0.5, 0.6) is 0 Å². The summed E-state index contributed by atoms with van der Waals surface area (Å²) < 4.78 is 10.4. The minimum absolute atomic E-state index is 0.233. The predicted molar refractivity (Wildman–Crippen MR) is 92.3 cm³/mol. The molecule has 0 bridgehead atoms. The summed E-state index contributed by atoms with van der Waals surface area (Å²) in [4.78, 5) is 23.5. The van der Waals surface area contributed by atoms with Gasteiger partial charge < -0.3 is 14.6 Å². The van der Waals surface area contributed by atoms with Crippen LogP contribution < -0.4 is 0 Å². The molecule has 1 fully saturated rings. The highest BCUT2D eigenvalue weighted by atomic mass is 16.6. The molecule has 0 saturated heterocycles. The largest absolute Gasteiger partial charge is 0.457 e. The molecule has 0 aromatic rings. The van der Waals surface area contributed by atoms with Gasteiger partial charge in [-0.25, -0.2) is 9.59 Å². The van der Waals surface area contributed by atoms with E-state index in [1.165, 1.54) is 18.2 Å². The normalized spacial score (nSPS) is 25.4. The summed E-state index contributed by atoms with van der Waals surface area (Å²) in [6.45, 7) is 10.8. The Bertz CT molecular complexity index is 519. The number of hydrogen-bond donors (Lipinski definition) is 1. The Morgan fingerprint density at radius 2 is 1.50 bits per heavy atom. The minimum atomic E-state index is -1.14. The first-order valence-corrected chi connectivity index (χ1v) is 8.36. The van der Waals surface area contributed by atoms with E-state index >= 15 is 0 Å². The second-order valence-electron chi connectivity index (χ2n) is 8.25. The smallest absolute Gasteiger partial charge is 0.331 e. The van der Waals surface area contributed by atoms with Gasteiger partial charge in [0.15, 0.2) is 0 Å². The van der Waals surface area contributed by atoms with Gasteiger partial charge in [-0.2, -0.15) is 0 Å². The zero-order valence-corrected chi connectivity index (χ0v) is 15.6. The lowest BCUT2D eigenvalue weighted by molar-refractivity contribution is -0.149. The molecular formula is C19H30O5. The zero-order valence-electron chi connectivity index (χ0n) is 15.6. The van der Waals surface area contributed by atoms with Gasteiger partial charge in [-0.3, -0.25) is 0 Å². The molecule has 0 unspecified atom stereocenters. The maximum absolute atomic E-state index is 11.8. The Labute approximate surface area is 144 Å². The average Bonchev–Trinajstić information content (AvgIpc) is 2.72. The number of ether oxygens (including phenoxy) is 2. The van der Waals surface area contributed by atoms with E-state index in [1.54, 1.807) is 47.6 Å². The second kappa shape index (κ2) is 7.51. The molecule has 136 valence electrons. The highest BCUT2D eigenvalue weighted by molar-refractivity contribution is 5.83. The van der Waals surface area contributed by atoms with E-state index in [-0.39, 0.29) is 5.92 Å². The Hall–Kier alpha value is -1.62. The highest BCUT2D eigenvalue weighted by Gasteiger charge is 2.37. The van der Waals surface area contributed by atoms with Crippen molar-refractivity contribution < 1.29 is 24.2 Å². The van der Waals surface area contributed by atoms with Crippen LogP contribution in [-0.4, -0.2) is 33.8 Å². The van der Waals surface area contributed by atoms with Gasteiger partial charge in [0.25, 0.3) is 0 Å². The van der Waals surface area contributed by atoms with Gasteiger partial charge in [-0.05, 0) is 66.9 Å². The molecule has 1 N–H and O–H groups in total. The van der Waals surface area contributed by atoms with E-state index in [2.05, 4.69) is 0 Å². The van der Waals surface area contributed by atoms with Crippen LogP contribution in [0.15, 0.2) is 24.3 Å². The molecule has 0 amide bonds. The average molecular weight is 338 g/mol. The number of carbonyl (C=O) groups is 2. The topological polar surface area (TPSA) is 72.8 Å². The molecule has 2 atom stereocenters. The molecule has 0 aromatic carbocycles. The van der Waals surface area contributed by atoms with E-state index in [0.717, 1.165) is 12.8 Å². The summed E-state index contributed by atoms with van der Waals surface area (Å²) in [6.07, 6.45) is 7.87. The summed E-state index contributed by atoms with van der Waals surface area (Å²) in [7, 11) is 0. The van der Waals surface area contributed by atoms with Gasteiger partial charge in [0.05, 0.1) is 5.60 Å². The lowest BCUT2D eigenvalue weighted by atomic mass is 9.90. The van der Waals surface area contributed by atoms with E-state index in [0.29, 0.717) is 6.42 Å². The molecule has 5 nitrogen and oxygen atoms in total. The molecule has 24 heavy (non-hydrogen) atoms. The molecule has 0 aromatic heterocycles. The molecule has 1 aliphatic carbocycles.